The first kappa shape index (κ1) is 13.9. The normalized spacial score (nSPS) is 19.5. The standard InChI is InChI=1S/C16H24ClN/c1-12-9-14(11-15(17)10-12)16(18-2)13-7-5-3-4-6-8-13/h9-11,13,16,18H,3-8H2,1-2H3. The van der Waals surface area contributed by atoms with Gasteiger partial charge in [0.25, 0.3) is 0 Å². The van der Waals surface area contributed by atoms with Crippen LogP contribution in [0.3, 0.4) is 0 Å². The first-order chi connectivity index (χ1) is 8.70. The lowest BCUT2D eigenvalue weighted by Gasteiger charge is -2.26. The molecular weight excluding hydrogens is 242 g/mol. The summed E-state index contributed by atoms with van der Waals surface area (Å²) in [5.41, 5.74) is 2.61. The number of rotatable bonds is 3. The number of hydrogen-bond acceptors (Lipinski definition) is 1. The monoisotopic (exact) mass is 265 g/mol. The Labute approximate surface area is 116 Å². The Morgan fingerprint density at radius 1 is 1.11 bits per heavy atom. The van der Waals surface area contributed by atoms with Crippen molar-refractivity contribution in [2.75, 3.05) is 7.05 Å². The fourth-order valence-corrected chi connectivity index (χ4v) is 3.56. The van der Waals surface area contributed by atoms with E-state index < -0.39 is 0 Å². The molecule has 0 aromatic heterocycles. The van der Waals surface area contributed by atoms with Crippen molar-refractivity contribution in [3.05, 3.63) is 34.3 Å². The second-order valence-electron chi connectivity index (χ2n) is 5.58. The maximum atomic E-state index is 6.19. The Hall–Kier alpha value is -0.530. The minimum atomic E-state index is 0.459. The first-order valence-corrected chi connectivity index (χ1v) is 7.53. The Morgan fingerprint density at radius 3 is 2.33 bits per heavy atom. The van der Waals surface area contributed by atoms with Gasteiger partial charge in [-0.1, -0.05) is 43.4 Å². The van der Waals surface area contributed by atoms with Crippen LogP contribution >= 0.6 is 11.6 Å². The molecule has 1 aromatic carbocycles. The molecule has 2 rings (SSSR count). The Bertz CT molecular complexity index is 360. The highest BCUT2D eigenvalue weighted by molar-refractivity contribution is 6.30. The SMILES string of the molecule is CNC(c1cc(C)cc(Cl)c1)C1CCCCCC1. The van der Waals surface area contributed by atoms with Gasteiger partial charge in [0, 0.05) is 11.1 Å². The summed E-state index contributed by atoms with van der Waals surface area (Å²) in [7, 11) is 2.08. The Morgan fingerprint density at radius 2 is 1.78 bits per heavy atom. The average molecular weight is 266 g/mol. The second-order valence-corrected chi connectivity index (χ2v) is 6.02. The van der Waals surface area contributed by atoms with Gasteiger partial charge in [0.1, 0.15) is 0 Å². The Kier molecular flexibility index (Phi) is 5.08. The third kappa shape index (κ3) is 3.49. The summed E-state index contributed by atoms with van der Waals surface area (Å²) in [5.74, 6) is 0.760. The predicted molar refractivity (Wildman–Crippen MR) is 79.2 cm³/mol. The van der Waals surface area contributed by atoms with Gasteiger partial charge in [0.05, 0.1) is 0 Å². The van der Waals surface area contributed by atoms with Crippen LogP contribution in [0.5, 0.6) is 0 Å². The van der Waals surface area contributed by atoms with Gasteiger partial charge in [0.2, 0.25) is 0 Å². The lowest BCUT2D eigenvalue weighted by atomic mass is 9.87. The summed E-state index contributed by atoms with van der Waals surface area (Å²) in [4.78, 5) is 0. The molecule has 1 aliphatic carbocycles. The van der Waals surface area contributed by atoms with Crippen LogP contribution in [-0.4, -0.2) is 7.05 Å². The van der Waals surface area contributed by atoms with Crippen molar-refractivity contribution in [1.82, 2.24) is 5.32 Å². The van der Waals surface area contributed by atoms with Crippen molar-refractivity contribution in [2.45, 2.75) is 51.5 Å². The van der Waals surface area contributed by atoms with E-state index in [0.29, 0.717) is 6.04 Å². The number of halogens is 1. The molecule has 2 heteroatoms. The molecule has 1 aromatic rings. The Balaban J connectivity index is 2.20. The summed E-state index contributed by atoms with van der Waals surface area (Å²) >= 11 is 6.19. The molecule has 1 aliphatic rings. The minimum absolute atomic E-state index is 0.459. The molecule has 1 fully saturated rings. The van der Waals surface area contributed by atoms with Crippen molar-refractivity contribution >= 4 is 11.6 Å². The molecule has 100 valence electrons. The topological polar surface area (TPSA) is 12.0 Å². The highest BCUT2D eigenvalue weighted by Crippen LogP contribution is 2.34. The zero-order valence-electron chi connectivity index (χ0n) is 11.5. The lowest BCUT2D eigenvalue weighted by Crippen LogP contribution is -2.25. The van der Waals surface area contributed by atoms with Gasteiger partial charge in [-0.15, -0.1) is 0 Å². The summed E-state index contributed by atoms with van der Waals surface area (Å²) in [6, 6.07) is 6.89. The molecule has 18 heavy (non-hydrogen) atoms. The van der Waals surface area contributed by atoms with Crippen LogP contribution in [0.2, 0.25) is 5.02 Å². The molecule has 0 amide bonds. The minimum Gasteiger partial charge on any atom is -0.313 e. The van der Waals surface area contributed by atoms with Crippen molar-refractivity contribution in [1.29, 1.82) is 0 Å². The molecule has 0 heterocycles. The highest BCUT2D eigenvalue weighted by Gasteiger charge is 2.23. The third-order valence-electron chi connectivity index (χ3n) is 4.11. The van der Waals surface area contributed by atoms with E-state index in [4.69, 9.17) is 11.6 Å². The van der Waals surface area contributed by atoms with Crippen molar-refractivity contribution in [3.8, 4) is 0 Å². The van der Waals surface area contributed by atoms with E-state index in [1.807, 2.05) is 6.07 Å². The van der Waals surface area contributed by atoms with Gasteiger partial charge >= 0.3 is 0 Å². The largest absolute Gasteiger partial charge is 0.313 e. The van der Waals surface area contributed by atoms with Crippen LogP contribution in [0, 0.1) is 12.8 Å². The molecule has 1 unspecified atom stereocenters. The van der Waals surface area contributed by atoms with Gasteiger partial charge in [-0.25, -0.2) is 0 Å². The second kappa shape index (κ2) is 6.58. The average Bonchev–Trinajstić information content (AvgIpc) is 2.58. The van der Waals surface area contributed by atoms with Crippen LogP contribution < -0.4 is 5.32 Å². The molecule has 1 nitrogen and oxygen atoms in total. The maximum Gasteiger partial charge on any atom is 0.0411 e. The fraction of sp³-hybridized carbons (Fsp3) is 0.625. The summed E-state index contributed by atoms with van der Waals surface area (Å²) in [6.07, 6.45) is 8.25. The van der Waals surface area contributed by atoms with Gasteiger partial charge in [-0.05, 0) is 56.0 Å². The molecule has 0 bridgehead atoms. The van der Waals surface area contributed by atoms with E-state index in [0.717, 1.165) is 10.9 Å². The molecule has 1 saturated carbocycles. The fourth-order valence-electron chi connectivity index (χ4n) is 3.26. The lowest BCUT2D eigenvalue weighted by molar-refractivity contribution is 0.341. The molecule has 0 saturated heterocycles. The molecule has 0 radical (unpaired) electrons. The zero-order valence-corrected chi connectivity index (χ0v) is 12.3. The number of aryl methyl sites for hydroxylation is 1. The summed E-state index contributed by atoms with van der Waals surface area (Å²) in [5, 5.41) is 4.37. The number of benzene rings is 1. The molecule has 1 N–H and O–H groups in total. The van der Waals surface area contributed by atoms with Crippen LogP contribution in [-0.2, 0) is 0 Å². The highest BCUT2D eigenvalue weighted by atomic mass is 35.5. The van der Waals surface area contributed by atoms with Gasteiger partial charge in [0.15, 0.2) is 0 Å². The summed E-state index contributed by atoms with van der Waals surface area (Å²) < 4.78 is 0. The maximum absolute atomic E-state index is 6.19. The van der Waals surface area contributed by atoms with E-state index in [1.165, 1.54) is 49.7 Å². The van der Waals surface area contributed by atoms with E-state index in [2.05, 4.69) is 31.4 Å². The predicted octanol–water partition coefficient (Wildman–Crippen LogP) is 4.88. The zero-order chi connectivity index (χ0) is 13.0. The van der Waals surface area contributed by atoms with Crippen LogP contribution in [0.25, 0.3) is 0 Å². The van der Waals surface area contributed by atoms with Gasteiger partial charge in [-0.2, -0.15) is 0 Å². The van der Waals surface area contributed by atoms with E-state index in [9.17, 15) is 0 Å². The van der Waals surface area contributed by atoms with Crippen LogP contribution in [0.15, 0.2) is 18.2 Å². The van der Waals surface area contributed by atoms with E-state index in [-0.39, 0.29) is 0 Å². The number of hydrogen-bond donors (Lipinski definition) is 1. The van der Waals surface area contributed by atoms with Crippen molar-refractivity contribution in [2.24, 2.45) is 5.92 Å². The van der Waals surface area contributed by atoms with Crippen molar-refractivity contribution < 1.29 is 0 Å². The molecular formula is C16H24ClN. The van der Waals surface area contributed by atoms with Gasteiger partial charge in [-0.3, -0.25) is 0 Å². The molecule has 0 aliphatic heterocycles. The van der Waals surface area contributed by atoms with Crippen molar-refractivity contribution in [3.63, 3.8) is 0 Å². The van der Waals surface area contributed by atoms with Crippen LogP contribution in [0.1, 0.15) is 55.7 Å². The first-order valence-electron chi connectivity index (χ1n) is 7.15. The smallest absolute Gasteiger partial charge is 0.0411 e. The van der Waals surface area contributed by atoms with E-state index >= 15 is 0 Å². The van der Waals surface area contributed by atoms with Gasteiger partial charge < -0.3 is 5.32 Å². The quantitative estimate of drug-likeness (QED) is 0.768. The number of nitrogens with one attached hydrogen (secondary N) is 1. The molecule has 0 spiro atoms. The molecule has 1 atom stereocenters. The van der Waals surface area contributed by atoms with E-state index in [1.54, 1.807) is 0 Å². The van der Waals surface area contributed by atoms with Crippen LogP contribution in [0.4, 0.5) is 0 Å². The summed E-state index contributed by atoms with van der Waals surface area (Å²) in [6.45, 7) is 2.12. The third-order valence-corrected chi connectivity index (χ3v) is 4.32.